The second kappa shape index (κ2) is 14.8. The lowest BCUT2D eigenvalue weighted by atomic mass is 9.85. The van der Waals surface area contributed by atoms with Gasteiger partial charge in [-0.15, -0.1) is 6.58 Å². The molecule has 0 radical (unpaired) electrons. The Morgan fingerprint density at radius 3 is 2.45 bits per heavy atom. The van der Waals surface area contributed by atoms with E-state index in [1.807, 2.05) is 75.4 Å². The maximum Gasteiger partial charge on any atom is 0.408 e. The summed E-state index contributed by atoms with van der Waals surface area (Å²) in [6.45, 7) is 11.3. The summed E-state index contributed by atoms with van der Waals surface area (Å²) in [7, 11) is 0.0685. The largest absolute Gasteiger partial charge is 0.497 e. The minimum atomic E-state index is -1.53. The number of rotatable bonds is 11. The second-order valence-electron chi connectivity index (χ2n) is 15.0. The number of nitrogens with zero attached hydrogens (tertiary/aromatic N) is 2. The number of amides is 3. The zero-order chi connectivity index (χ0) is 36.5. The molecule has 1 aromatic heterocycles. The van der Waals surface area contributed by atoms with Gasteiger partial charge in [0.25, 0.3) is 0 Å². The van der Waals surface area contributed by atoms with Crippen LogP contribution in [0.4, 0.5) is 4.79 Å². The molecule has 3 amide bonds. The van der Waals surface area contributed by atoms with Crippen LogP contribution in [-0.4, -0.2) is 82.6 Å². The average molecular weight is 717 g/mol. The van der Waals surface area contributed by atoms with E-state index < -0.39 is 49.0 Å². The van der Waals surface area contributed by atoms with E-state index in [4.69, 9.17) is 19.2 Å². The molecule has 3 fully saturated rings. The van der Waals surface area contributed by atoms with Crippen LogP contribution < -0.4 is 20.1 Å². The van der Waals surface area contributed by atoms with Gasteiger partial charge in [0.1, 0.15) is 35.8 Å². The number of likely N-dealkylation sites (tertiary alicyclic amines) is 1. The van der Waals surface area contributed by atoms with Gasteiger partial charge in [-0.3, -0.25) is 9.59 Å². The molecule has 2 aliphatic carbocycles. The molecule has 12 heteroatoms. The van der Waals surface area contributed by atoms with Crippen LogP contribution in [0.25, 0.3) is 22.2 Å². The van der Waals surface area contributed by atoms with Gasteiger partial charge in [0, 0.05) is 43.6 Å². The fourth-order valence-electron chi connectivity index (χ4n) is 7.28. The molecule has 6 rings (SSSR count). The van der Waals surface area contributed by atoms with Crippen molar-refractivity contribution >= 4 is 37.0 Å². The van der Waals surface area contributed by atoms with Gasteiger partial charge >= 0.3 is 6.09 Å². The second-order valence-corrected chi connectivity index (χ2v) is 16.8. The van der Waals surface area contributed by atoms with Crippen molar-refractivity contribution in [3.05, 3.63) is 67.3 Å². The first-order chi connectivity index (χ1) is 24.3. The third-order valence-electron chi connectivity index (χ3n) is 10.3. The summed E-state index contributed by atoms with van der Waals surface area (Å²) in [4.78, 5) is 59.0. The Bertz CT molecular complexity index is 1770. The van der Waals surface area contributed by atoms with Gasteiger partial charge in [0.05, 0.1) is 30.1 Å². The summed E-state index contributed by atoms with van der Waals surface area (Å²) in [5, 5.41) is 5.91. The number of methoxy groups -OCH3 is 1. The Morgan fingerprint density at radius 1 is 1.10 bits per heavy atom. The molecule has 2 saturated carbocycles. The van der Waals surface area contributed by atoms with Crippen molar-refractivity contribution in [1.29, 1.82) is 0 Å². The van der Waals surface area contributed by atoms with Gasteiger partial charge in [0.2, 0.25) is 11.8 Å². The van der Waals surface area contributed by atoms with E-state index in [0.29, 0.717) is 29.1 Å². The highest BCUT2D eigenvalue weighted by molar-refractivity contribution is 7.52. The van der Waals surface area contributed by atoms with Crippen molar-refractivity contribution in [2.75, 3.05) is 20.3 Å². The van der Waals surface area contributed by atoms with Crippen molar-refractivity contribution in [2.24, 2.45) is 11.3 Å². The molecule has 3 N–H and O–H groups in total. The topological polar surface area (TPSA) is 139 Å². The Balaban J connectivity index is 1.32. The van der Waals surface area contributed by atoms with Crippen molar-refractivity contribution in [1.82, 2.24) is 20.5 Å². The van der Waals surface area contributed by atoms with E-state index in [1.54, 1.807) is 19.9 Å². The molecule has 272 valence electrons. The number of hydrogen-bond acceptors (Lipinski definition) is 8. The third kappa shape index (κ3) is 7.85. The first kappa shape index (κ1) is 36.6. The van der Waals surface area contributed by atoms with E-state index in [1.165, 1.54) is 4.90 Å². The van der Waals surface area contributed by atoms with Crippen LogP contribution in [0.15, 0.2) is 67.3 Å². The summed E-state index contributed by atoms with van der Waals surface area (Å²) in [5.74, 6) is 0.366. The molecule has 0 spiro atoms. The molecular formula is C39H49N4O7P. The highest BCUT2D eigenvalue weighted by Gasteiger charge is 2.59. The summed E-state index contributed by atoms with van der Waals surface area (Å²) in [5.41, 5.74) is 1.58. The molecule has 51 heavy (non-hydrogen) atoms. The van der Waals surface area contributed by atoms with Crippen LogP contribution in [0, 0.1) is 11.3 Å². The van der Waals surface area contributed by atoms with Crippen molar-refractivity contribution in [2.45, 2.75) is 88.9 Å². The number of carbonyl (C=O) groups excluding carboxylic acids is 3. The quantitative estimate of drug-likeness (QED) is 0.154. The summed E-state index contributed by atoms with van der Waals surface area (Å²) < 4.78 is 17.9. The minimum Gasteiger partial charge on any atom is -0.497 e. The third-order valence-corrected chi connectivity index (χ3v) is 12.1. The molecule has 11 nitrogen and oxygen atoms in total. The zero-order valence-corrected chi connectivity index (χ0v) is 30.9. The highest BCUT2D eigenvalue weighted by Crippen LogP contribution is 2.62. The van der Waals surface area contributed by atoms with Gasteiger partial charge in [0.15, 0.2) is 0 Å². The number of aromatic nitrogens is 1. The Labute approximate surface area is 301 Å². The van der Waals surface area contributed by atoms with Crippen molar-refractivity contribution < 1.29 is 33.5 Å². The summed E-state index contributed by atoms with van der Waals surface area (Å²) >= 11 is 0. The lowest BCUT2D eigenvalue weighted by Crippen LogP contribution is -2.58. The van der Waals surface area contributed by atoms with Gasteiger partial charge in [-0.05, 0) is 56.3 Å². The van der Waals surface area contributed by atoms with Crippen LogP contribution in [0.3, 0.4) is 0 Å². The molecule has 0 bridgehead atoms. The predicted molar refractivity (Wildman–Crippen MR) is 198 cm³/mol. The molecule has 2 aromatic carbocycles. The van der Waals surface area contributed by atoms with E-state index in [2.05, 4.69) is 17.2 Å². The zero-order valence-electron chi connectivity index (χ0n) is 30.1. The number of alkyl carbamates (subject to hydrolysis) is 1. The molecule has 1 unspecified atom stereocenters. The summed E-state index contributed by atoms with van der Waals surface area (Å²) in [6.07, 6.45) is 4.75. The maximum absolute atomic E-state index is 14.6. The van der Waals surface area contributed by atoms with Crippen LogP contribution in [0.5, 0.6) is 11.5 Å². The van der Waals surface area contributed by atoms with E-state index >= 15 is 0 Å². The number of benzene rings is 2. The molecule has 2 heterocycles. The van der Waals surface area contributed by atoms with Gasteiger partial charge in [-0.2, -0.15) is 0 Å². The number of pyridine rings is 1. The van der Waals surface area contributed by atoms with Crippen LogP contribution in [-0.2, 0) is 14.3 Å². The fraction of sp³-hybridized carbons (Fsp3) is 0.487. The first-order valence-electron chi connectivity index (χ1n) is 17.7. The summed E-state index contributed by atoms with van der Waals surface area (Å²) in [6, 6.07) is 15.3. The van der Waals surface area contributed by atoms with E-state index in [-0.39, 0.29) is 30.9 Å². The van der Waals surface area contributed by atoms with Crippen LogP contribution >= 0.6 is 8.15 Å². The first-order valence-corrected chi connectivity index (χ1v) is 19.4. The monoisotopic (exact) mass is 716 g/mol. The Kier molecular flexibility index (Phi) is 10.6. The van der Waals surface area contributed by atoms with Gasteiger partial charge < -0.3 is 34.6 Å². The van der Waals surface area contributed by atoms with Crippen molar-refractivity contribution in [3.8, 4) is 22.8 Å². The Hall–Kier alpha value is -4.21. The standard InChI is InChI=1S/C39H49N4O7P/c1-7-25-22-39(25,51(6)47)42-35(44)32-20-28(23-43(32)36(45)34(38(2,3)4)41-37(46)50-26-15-11-12-16-26)49-33-21-30(24-13-9-8-10-14-24)40-31-19-27(48-5)17-18-29(31)33/h7-10,13-14,17-19,21,25-26,28,32,34,47H,1,11-12,15-16,20,22-23H2,2-6H3,(H,41,46)(H,42,44)/t25-,28-,32+,34-,39+,51?/m1/s1. The lowest BCUT2D eigenvalue weighted by Gasteiger charge is -2.35. The maximum atomic E-state index is 14.6. The van der Waals surface area contributed by atoms with Gasteiger partial charge in [-0.25, -0.2) is 9.78 Å². The molecule has 1 aliphatic heterocycles. The lowest BCUT2D eigenvalue weighted by molar-refractivity contribution is -0.142. The Morgan fingerprint density at radius 2 is 1.82 bits per heavy atom. The SMILES string of the molecule is C=C[C@@H]1C[C@]1(NC(=O)[C@@H]1C[C@@H](Oc2cc(-c3ccccc3)nc3cc(OC)ccc23)CN1C(=O)[C@@H](NC(=O)OC1CCCC1)C(C)(C)C)P(C)O. The average Bonchev–Trinajstić information content (AvgIpc) is 3.37. The number of fused-ring (bicyclic) bond motifs is 1. The molecule has 6 atom stereocenters. The van der Waals surface area contributed by atoms with Crippen LogP contribution in [0.2, 0.25) is 0 Å². The minimum absolute atomic E-state index is 0.0638. The van der Waals surface area contributed by atoms with Crippen LogP contribution in [0.1, 0.15) is 59.3 Å². The molecule has 1 saturated heterocycles. The van der Waals surface area contributed by atoms with E-state index in [9.17, 15) is 19.3 Å². The van der Waals surface area contributed by atoms with E-state index in [0.717, 1.165) is 36.6 Å². The number of hydrogen-bond donors (Lipinski definition) is 3. The highest BCUT2D eigenvalue weighted by atomic mass is 31.1. The normalized spacial score (nSPS) is 24.4. The van der Waals surface area contributed by atoms with Gasteiger partial charge in [-0.1, -0.05) is 57.2 Å². The molecule has 3 aliphatic rings. The van der Waals surface area contributed by atoms with Crippen molar-refractivity contribution in [3.63, 3.8) is 0 Å². The fourth-order valence-corrected chi connectivity index (χ4v) is 8.60. The smallest absolute Gasteiger partial charge is 0.408 e. The molecular weight excluding hydrogens is 667 g/mol. The molecule has 3 aromatic rings. The number of ether oxygens (including phenoxy) is 3. The predicted octanol–water partition coefficient (Wildman–Crippen LogP) is 6.38. The number of nitrogens with one attached hydrogen (secondary N) is 2. The number of carbonyl (C=O) groups is 3.